The van der Waals surface area contributed by atoms with Crippen LogP contribution in [-0.4, -0.2) is 46.1 Å². The van der Waals surface area contributed by atoms with E-state index in [1.807, 2.05) is 13.0 Å². The van der Waals surface area contributed by atoms with E-state index in [9.17, 15) is 24.6 Å². The second-order valence-electron chi connectivity index (χ2n) is 11.9. The number of rotatable bonds is 3. The van der Waals surface area contributed by atoms with E-state index in [1.54, 1.807) is 32.9 Å². The lowest BCUT2D eigenvalue weighted by molar-refractivity contribution is -0.182. The number of aliphatic hydroxyl groups excluding tert-OH is 1. The molecule has 0 aliphatic heterocycles. The highest BCUT2D eigenvalue weighted by Gasteiger charge is 2.68. The fourth-order valence-electron chi connectivity index (χ4n) is 7.26. The Morgan fingerprint density at radius 1 is 1.22 bits per heavy atom. The molecule has 0 aromatic carbocycles. The molecule has 0 aromatic heterocycles. The van der Waals surface area contributed by atoms with Gasteiger partial charge in [-0.15, -0.1) is 0 Å². The highest BCUT2D eigenvalue weighted by atomic mass is 16.5. The summed E-state index contributed by atoms with van der Waals surface area (Å²) >= 11 is 0. The molecule has 0 radical (unpaired) electrons. The highest BCUT2D eigenvalue weighted by Crippen LogP contribution is 2.67. The minimum atomic E-state index is -1.63. The normalized spacial score (nSPS) is 43.1. The van der Waals surface area contributed by atoms with Crippen LogP contribution in [0.15, 0.2) is 23.8 Å². The van der Waals surface area contributed by atoms with Crippen molar-refractivity contribution in [3.05, 3.63) is 23.8 Å². The van der Waals surface area contributed by atoms with Crippen LogP contribution in [0.1, 0.15) is 66.7 Å². The standard InChI is InChI=1S/C26H36O6/c1-23(2,3)22(30)32-14-20(29)26(31)11-9-18-17-7-6-15-12-16(27)8-10-24(15,4)21(17)19(28)13-25(18,26)5/h8,10,12,17-19,21,28,31H,6-7,9,11,13-14H2,1-5H3/t17-,18?,19?,21?,24-,25-,26-/m0/s1. The van der Waals surface area contributed by atoms with Crippen LogP contribution in [0.3, 0.4) is 0 Å². The summed E-state index contributed by atoms with van der Waals surface area (Å²) in [6.45, 7) is 8.73. The van der Waals surface area contributed by atoms with Crippen LogP contribution >= 0.6 is 0 Å². The molecule has 0 spiro atoms. The highest BCUT2D eigenvalue weighted by molar-refractivity contribution is 6.01. The van der Waals surface area contributed by atoms with Gasteiger partial charge < -0.3 is 14.9 Å². The van der Waals surface area contributed by atoms with Crippen molar-refractivity contribution >= 4 is 17.5 Å². The average molecular weight is 445 g/mol. The molecular formula is C26H36O6. The molecule has 0 bridgehead atoms. The second kappa shape index (κ2) is 7.36. The summed E-state index contributed by atoms with van der Waals surface area (Å²) < 4.78 is 5.24. The third kappa shape index (κ3) is 3.25. The Hall–Kier alpha value is -1.79. The lowest BCUT2D eigenvalue weighted by Gasteiger charge is -2.59. The number of ketones is 2. The lowest BCUT2D eigenvalue weighted by Crippen LogP contribution is -2.61. The van der Waals surface area contributed by atoms with E-state index in [2.05, 4.69) is 6.92 Å². The first-order chi connectivity index (χ1) is 14.7. The summed E-state index contributed by atoms with van der Waals surface area (Å²) in [5, 5.41) is 23.0. The number of hydrogen-bond donors (Lipinski definition) is 2. The zero-order valence-electron chi connectivity index (χ0n) is 19.8. The van der Waals surface area contributed by atoms with Crippen LogP contribution < -0.4 is 0 Å². The largest absolute Gasteiger partial charge is 0.457 e. The molecule has 0 aromatic rings. The molecule has 3 unspecified atom stereocenters. The molecule has 0 heterocycles. The fraction of sp³-hybridized carbons (Fsp3) is 0.731. The quantitative estimate of drug-likeness (QED) is 0.649. The van der Waals surface area contributed by atoms with Gasteiger partial charge in [0.15, 0.2) is 12.4 Å². The first kappa shape index (κ1) is 23.4. The topological polar surface area (TPSA) is 101 Å². The molecule has 3 fully saturated rings. The Balaban J connectivity index is 1.60. The van der Waals surface area contributed by atoms with Crippen molar-refractivity contribution in [1.29, 1.82) is 0 Å². The van der Waals surface area contributed by atoms with Gasteiger partial charge in [0.25, 0.3) is 0 Å². The van der Waals surface area contributed by atoms with Gasteiger partial charge in [-0.05, 0) is 76.9 Å². The van der Waals surface area contributed by atoms with Gasteiger partial charge in [-0.2, -0.15) is 0 Å². The van der Waals surface area contributed by atoms with Gasteiger partial charge in [0, 0.05) is 16.7 Å². The minimum Gasteiger partial charge on any atom is -0.457 e. The zero-order chi connectivity index (χ0) is 23.7. The molecule has 0 saturated heterocycles. The maximum absolute atomic E-state index is 13.2. The molecule has 4 rings (SSSR count). The van der Waals surface area contributed by atoms with E-state index in [1.165, 1.54) is 0 Å². The van der Waals surface area contributed by atoms with Crippen LogP contribution in [0.2, 0.25) is 0 Å². The molecule has 176 valence electrons. The average Bonchev–Trinajstić information content (AvgIpc) is 2.97. The van der Waals surface area contributed by atoms with Gasteiger partial charge in [-0.3, -0.25) is 14.4 Å². The Morgan fingerprint density at radius 3 is 2.56 bits per heavy atom. The Kier molecular flexibility index (Phi) is 5.37. The number of hydrogen-bond acceptors (Lipinski definition) is 6. The molecule has 6 nitrogen and oxygen atoms in total. The summed E-state index contributed by atoms with van der Waals surface area (Å²) in [6, 6.07) is 0. The van der Waals surface area contributed by atoms with Crippen molar-refractivity contribution in [3.8, 4) is 0 Å². The van der Waals surface area contributed by atoms with Crippen molar-refractivity contribution in [2.24, 2.45) is 34.0 Å². The predicted octanol–water partition coefficient (Wildman–Crippen LogP) is 3.15. The summed E-state index contributed by atoms with van der Waals surface area (Å²) in [5.41, 5.74) is -2.45. The Labute approximate surface area is 190 Å². The van der Waals surface area contributed by atoms with Crippen molar-refractivity contribution < 1.29 is 29.3 Å². The minimum absolute atomic E-state index is 0.00305. The fourth-order valence-corrected chi connectivity index (χ4v) is 7.26. The molecule has 3 saturated carbocycles. The molecule has 6 heteroatoms. The van der Waals surface area contributed by atoms with Crippen LogP contribution in [0.25, 0.3) is 0 Å². The molecule has 4 aliphatic rings. The van der Waals surface area contributed by atoms with Gasteiger partial charge in [-0.25, -0.2) is 0 Å². The summed E-state index contributed by atoms with van der Waals surface area (Å²) in [4.78, 5) is 37.3. The van der Waals surface area contributed by atoms with Crippen molar-refractivity contribution in [3.63, 3.8) is 0 Å². The van der Waals surface area contributed by atoms with Crippen molar-refractivity contribution in [1.82, 2.24) is 0 Å². The van der Waals surface area contributed by atoms with Gasteiger partial charge in [-0.1, -0.05) is 25.5 Å². The van der Waals surface area contributed by atoms with E-state index in [4.69, 9.17) is 4.74 Å². The van der Waals surface area contributed by atoms with Crippen molar-refractivity contribution in [2.75, 3.05) is 6.61 Å². The number of ether oxygens (including phenoxy) is 1. The maximum Gasteiger partial charge on any atom is 0.311 e. The summed E-state index contributed by atoms with van der Waals surface area (Å²) in [6.07, 6.45) is 7.48. The predicted molar refractivity (Wildman–Crippen MR) is 118 cm³/mol. The number of Topliss-reactive ketones (excluding diaryl/α,β-unsaturated/α-hetero) is 1. The first-order valence-electron chi connectivity index (χ1n) is 11.8. The lowest BCUT2D eigenvalue weighted by atomic mass is 9.46. The third-order valence-electron chi connectivity index (χ3n) is 9.06. The van der Waals surface area contributed by atoms with E-state index < -0.39 is 40.9 Å². The number of aliphatic hydroxyl groups is 2. The third-order valence-corrected chi connectivity index (χ3v) is 9.06. The second-order valence-corrected chi connectivity index (χ2v) is 11.9. The molecule has 0 amide bonds. The van der Waals surface area contributed by atoms with Gasteiger partial charge >= 0.3 is 5.97 Å². The van der Waals surface area contributed by atoms with E-state index in [0.29, 0.717) is 19.3 Å². The number of carbonyl (C=O) groups excluding carboxylic acids is 3. The van der Waals surface area contributed by atoms with Gasteiger partial charge in [0.1, 0.15) is 5.60 Å². The first-order valence-corrected chi connectivity index (χ1v) is 11.8. The maximum atomic E-state index is 13.2. The molecule has 7 atom stereocenters. The molecule has 32 heavy (non-hydrogen) atoms. The number of carbonyl (C=O) groups is 3. The summed E-state index contributed by atoms with van der Waals surface area (Å²) in [7, 11) is 0. The van der Waals surface area contributed by atoms with E-state index in [-0.39, 0.29) is 29.0 Å². The van der Waals surface area contributed by atoms with Gasteiger partial charge in [0.2, 0.25) is 5.78 Å². The monoisotopic (exact) mass is 444 g/mol. The van der Waals surface area contributed by atoms with Crippen LogP contribution in [0, 0.1) is 34.0 Å². The smallest absolute Gasteiger partial charge is 0.311 e. The number of allylic oxidation sites excluding steroid dienone is 4. The van der Waals surface area contributed by atoms with Crippen LogP contribution in [0.4, 0.5) is 0 Å². The molecular weight excluding hydrogens is 408 g/mol. The molecule has 2 N–H and O–H groups in total. The Bertz CT molecular complexity index is 910. The van der Waals surface area contributed by atoms with Crippen LogP contribution in [0.5, 0.6) is 0 Å². The van der Waals surface area contributed by atoms with Crippen LogP contribution in [-0.2, 0) is 19.1 Å². The molecule has 4 aliphatic carbocycles. The van der Waals surface area contributed by atoms with E-state index >= 15 is 0 Å². The zero-order valence-corrected chi connectivity index (χ0v) is 19.8. The number of esters is 1. The van der Waals surface area contributed by atoms with E-state index in [0.717, 1.165) is 18.4 Å². The summed E-state index contributed by atoms with van der Waals surface area (Å²) in [5.74, 6) is -0.791. The van der Waals surface area contributed by atoms with Crippen molar-refractivity contribution in [2.45, 2.75) is 78.4 Å². The Morgan fingerprint density at radius 2 is 1.91 bits per heavy atom. The SMILES string of the molecule is CC(C)(C)C(=O)OCC(=O)[C@@]1(O)CCC2[C@@H]3CCC4=CC(=O)C=C[C@]4(C)C3C(O)C[C@@]21C. The number of fused-ring (bicyclic) bond motifs is 5. The van der Waals surface area contributed by atoms with Gasteiger partial charge in [0.05, 0.1) is 11.5 Å².